The van der Waals surface area contributed by atoms with E-state index in [2.05, 4.69) is 20.8 Å². The number of anilines is 3. The zero-order chi connectivity index (χ0) is 18.5. The van der Waals surface area contributed by atoms with Gasteiger partial charge >= 0.3 is 0 Å². The van der Waals surface area contributed by atoms with Crippen LogP contribution in [0.15, 0.2) is 24.3 Å². The smallest absolute Gasteiger partial charge is 0.254 e. The number of nitrogens with one attached hydrogen (secondary N) is 2. The molecule has 26 heavy (non-hydrogen) atoms. The van der Waals surface area contributed by atoms with Gasteiger partial charge in [0.15, 0.2) is 11.6 Å². The maximum absolute atomic E-state index is 12.0. The molecule has 0 spiro atoms. The first-order chi connectivity index (χ1) is 12.6. The van der Waals surface area contributed by atoms with Crippen LogP contribution in [0.25, 0.3) is 0 Å². The maximum atomic E-state index is 12.0. The van der Waals surface area contributed by atoms with Crippen molar-refractivity contribution in [2.24, 2.45) is 0 Å². The zero-order valence-electron chi connectivity index (χ0n) is 14.4. The van der Waals surface area contributed by atoms with E-state index in [1.54, 1.807) is 31.4 Å². The Balaban J connectivity index is 1.70. The number of hydrogen-bond donors (Lipinski definition) is 2. The summed E-state index contributed by atoms with van der Waals surface area (Å²) in [5.41, 5.74) is 0.624. The van der Waals surface area contributed by atoms with E-state index >= 15 is 0 Å². The summed E-state index contributed by atoms with van der Waals surface area (Å²) in [4.78, 5) is 12.0. The number of nitrogens with zero attached hydrogens (tertiary/aromatic N) is 2. The lowest BCUT2D eigenvalue weighted by molar-refractivity contribution is -0.124. The molecule has 138 valence electrons. The number of amides is 1. The van der Waals surface area contributed by atoms with Gasteiger partial charge < -0.3 is 24.8 Å². The van der Waals surface area contributed by atoms with Gasteiger partial charge in [0, 0.05) is 18.7 Å². The van der Waals surface area contributed by atoms with Gasteiger partial charge in [0.25, 0.3) is 5.91 Å². The molecule has 1 fully saturated rings. The number of ether oxygens (including phenoxy) is 3. The molecule has 1 unspecified atom stereocenters. The Morgan fingerprint density at radius 1 is 1.19 bits per heavy atom. The third-order valence-electron chi connectivity index (χ3n) is 3.87. The van der Waals surface area contributed by atoms with Gasteiger partial charge in [-0.05, 0) is 25.0 Å². The summed E-state index contributed by atoms with van der Waals surface area (Å²) in [6.45, 7) is 0.610. The summed E-state index contributed by atoms with van der Waals surface area (Å²) in [6, 6.07) is 6.70. The zero-order valence-corrected chi connectivity index (χ0v) is 15.2. The minimum Gasteiger partial charge on any atom is -0.495 e. The number of methoxy groups -OCH3 is 2. The van der Waals surface area contributed by atoms with Gasteiger partial charge in [0.1, 0.15) is 17.6 Å². The molecule has 1 aromatic heterocycles. The first-order valence-electron chi connectivity index (χ1n) is 8.05. The lowest BCUT2D eigenvalue weighted by atomic mass is 10.2. The minimum absolute atomic E-state index is 0.207. The molecule has 3 rings (SSSR count). The number of hydrogen-bond acceptors (Lipinski definition) is 7. The highest BCUT2D eigenvalue weighted by Crippen LogP contribution is 2.37. The molecular weight excluding hydrogens is 360 g/mol. The number of carbonyl (C=O) groups is 1. The third-order valence-corrected chi connectivity index (χ3v) is 4.17. The highest BCUT2D eigenvalue weighted by atomic mass is 35.5. The Morgan fingerprint density at radius 2 is 1.92 bits per heavy atom. The summed E-state index contributed by atoms with van der Waals surface area (Å²) in [6.07, 6.45) is 1.19. The van der Waals surface area contributed by atoms with E-state index in [1.807, 2.05) is 0 Å². The van der Waals surface area contributed by atoms with Crippen LogP contribution in [0.4, 0.5) is 17.3 Å². The molecule has 0 radical (unpaired) electrons. The van der Waals surface area contributed by atoms with Crippen molar-refractivity contribution in [2.45, 2.75) is 18.9 Å². The van der Waals surface area contributed by atoms with Crippen molar-refractivity contribution in [2.75, 3.05) is 31.5 Å². The van der Waals surface area contributed by atoms with Gasteiger partial charge in [0.05, 0.1) is 24.9 Å². The lowest BCUT2D eigenvalue weighted by Gasteiger charge is -2.13. The van der Waals surface area contributed by atoms with Crippen LogP contribution < -0.4 is 20.1 Å². The van der Waals surface area contributed by atoms with Gasteiger partial charge in [-0.3, -0.25) is 4.79 Å². The van der Waals surface area contributed by atoms with Crippen molar-refractivity contribution in [3.05, 3.63) is 29.3 Å². The third kappa shape index (κ3) is 4.14. The molecule has 1 aliphatic rings. The number of carbonyl (C=O) groups excluding carboxylic acids is 1. The van der Waals surface area contributed by atoms with Crippen molar-refractivity contribution in [3.63, 3.8) is 0 Å². The Bertz CT molecular complexity index is 779. The van der Waals surface area contributed by atoms with Gasteiger partial charge in [0.2, 0.25) is 0 Å². The molecule has 1 amide bonds. The summed E-state index contributed by atoms with van der Waals surface area (Å²) in [7, 11) is 3.07. The Kier molecular flexibility index (Phi) is 5.75. The summed E-state index contributed by atoms with van der Waals surface area (Å²) in [5.74, 6) is 1.66. The number of benzene rings is 1. The SMILES string of the molecule is COc1cc(Nc2ccc(NC(=O)C3CCCO3)nn2)c(OC)cc1Cl. The van der Waals surface area contributed by atoms with Crippen LogP contribution in [0.3, 0.4) is 0 Å². The Labute approximate surface area is 155 Å². The van der Waals surface area contributed by atoms with E-state index in [9.17, 15) is 4.79 Å². The summed E-state index contributed by atoms with van der Waals surface area (Å²) >= 11 is 6.10. The minimum atomic E-state index is -0.416. The van der Waals surface area contributed by atoms with Crippen molar-refractivity contribution in [1.82, 2.24) is 10.2 Å². The second-order valence-corrected chi connectivity index (χ2v) is 6.01. The predicted octanol–water partition coefficient (Wildman–Crippen LogP) is 3.01. The van der Waals surface area contributed by atoms with Crippen molar-refractivity contribution in [1.29, 1.82) is 0 Å². The number of halogens is 1. The lowest BCUT2D eigenvalue weighted by Crippen LogP contribution is -2.27. The quantitative estimate of drug-likeness (QED) is 0.797. The largest absolute Gasteiger partial charge is 0.495 e. The molecule has 1 aliphatic heterocycles. The second-order valence-electron chi connectivity index (χ2n) is 5.61. The molecule has 0 saturated carbocycles. The van der Waals surface area contributed by atoms with E-state index in [1.165, 1.54) is 7.11 Å². The van der Waals surface area contributed by atoms with E-state index in [4.69, 9.17) is 25.8 Å². The monoisotopic (exact) mass is 378 g/mol. The van der Waals surface area contributed by atoms with E-state index < -0.39 is 6.10 Å². The molecular formula is C17H19ClN4O4. The van der Waals surface area contributed by atoms with Gasteiger partial charge in [-0.2, -0.15) is 0 Å². The molecule has 1 atom stereocenters. The van der Waals surface area contributed by atoms with Crippen LogP contribution in [0.5, 0.6) is 11.5 Å². The Hall–Kier alpha value is -2.58. The standard InChI is InChI=1S/C17H19ClN4O4/c1-24-13-9-11(14(25-2)8-10(13)18)19-15-5-6-16(22-21-15)20-17(23)12-4-3-7-26-12/h5-6,8-9,12H,3-4,7H2,1-2H3,(H,19,21)(H,20,22,23). The molecule has 2 N–H and O–H groups in total. The van der Waals surface area contributed by atoms with Crippen LogP contribution in [-0.4, -0.2) is 43.0 Å². The topological polar surface area (TPSA) is 94.6 Å². The van der Waals surface area contributed by atoms with Crippen LogP contribution in [0, 0.1) is 0 Å². The molecule has 0 bridgehead atoms. The molecule has 9 heteroatoms. The van der Waals surface area contributed by atoms with Crippen LogP contribution in [0.2, 0.25) is 5.02 Å². The molecule has 2 aromatic rings. The fourth-order valence-electron chi connectivity index (χ4n) is 2.55. The average Bonchev–Trinajstić information content (AvgIpc) is 3.19. The highest BCUT2D eigenvalue weighted by Gasteiger charge is 2.23. The number of rotatable bonds is 6. The van der Waals surface area contributed by atoms with E-state index in [-0.39, 0.29) is 5.91 Å². The maximum Gasteiger partial charge on any atom is 0.254 e. The van der Waals surface area contributed by atoms with Crippen molar-refractivity contribution >= 4 is 34.8 Å². The fraction of sp³-hybridized carbons (Fsp3) is 0.353. The van der Waals surface area contributed by atoms with E-state index in [0.29, 0.717) is 40.5 Å². The van der Waals surface area contributed by atoms with Crippen LogP contribution >= 0.6 is 11.6 Å². The normalized spacial score (nSPS) is 16.2. The molecule has 2 heterocycles. The second kappa shape index (κ2) is 8.20. The van der Waals surface area contributed by atoms with Gasteiger partial charge in [-0.15, -0.1) is 10.2 Å². The molecule has 0 aliphatic carbocycles. The Morgan fingerprint density at radius 3 is 2.54 bits per heavy atom. The first-order valence-corrected chi connectivity index (χ1v) is 8.43. The van der Waals surface area contributed by atoms with Crippen LogP contribution in [0.1, 0.15) is 12.8 Å². The van der Waals surface area contributed by atoms with Crippen molar-refractivity contribution < 1.29 is 19.0 Å². The first kappa shape index (κ1) is 18.2. The molecule has 1 aromatic carbocycles. The number of aromatic nitrogens is 2. The van der Waals surface area contributed by atoms with E-state index in [0.717, 1.165) is 12.8 Å². The molecule has 8 nitrogen and oxygen atoms in total. The predicted molar refractivity (Wildman–Crippen MR) is 97.5 cm³/mol. The fourth-order valence-corrected chi connectivity index (χ4v) is 2.78. The van der Waals surface area contributed by atoms with Gasteiger partial charge in [-0.1, -0.05) is 11.6 Å². The molecule has 1 saturated heterocycles. The van der Waals surface area contributed by atoms with Gasteiger partial charge in [-0.25, -0.2) is 0 Å². The van der Waals surface area contributed by atoms with Crippen LogP contribution in [-0.2, 0) is 9.53 Å². The summed E-state index contributed by atoms with van der Waals surface area (Å²) in [5, 5.41) is 14.3. The highest BCUT2D eigenvalue weighted by molar-refractivity contribution is 6.32. The average molecular weight is 379 g/mol. The van der Waals surface area contributed by atoms with Crippen molar-refractivity contribution in [3.8, 4) is 11.5 Å². The summed E-state index contributed by atoms with van der Waals surface area (Å²) < 4.78 is 15.9.